The van der Waals surface area contributed by atoms with Crippen LogP contribution in [-0.2, 0) is 11.2 Å². The van der Waals surface area contributed by atoms with Gasteiger partial charge in [0.25, 0.3) is 0 Å². The number of aryl methyl sites for hydroxylation is 2. The molecule has 3 aromatic carbocycles. The van der Waals surface area contributed by atoms with Crippen LogP contribution in [0.1, 0.15) is 36.0 Å². The third-order valence-corrected chi connectivity index (χ3v) is 5.38. The number of benzene rings is 3. The van der Waals surface area contributed by atoms with E-state index >= 15 is 0 Å². The number of fused-ring (bicyclic) bond motifs is 1. The van der Waals surface area contributed by atoms with Gasteiger partial charge in [-0.2, -0.15) is 5.26 Å². The van der Waals surface area contributed by atoms with E-state index in [4.69, 9.17) is 14.7 Å². The molecule has 5 heteroatoms. The van der Waals surface area contributed by atoms with Gasteiger partial charge in [0.2, 0.25) is 12.7 Å². The van der Waals surface area contributed by atoms with Gasteiger partial charge in [0.1, 0.15) is 0 Å². The van der Waals surface area contributed by atoms with Crippen LogP contribution in [0.5, 0.6) is 11.5 Å². The Kier molecular flexibility index (Phi) is 6.18. The first kappa shape index (κ1) is 20.5. The molecule has 0 saturated heterocycles. The number of carbonyl (C=O) groups excluding carboxylic acids is 1. The van der Waals surface area contributed by atoms with E-state index in [0.29, 0.717) is 12.0 Å². The number of carbonyl (C=O) groups is 1. The fourth-order valence-corrected chi connectivity index (χ4v) is 3.70. The molecule has 0 spiro atoms. The molecule has 0 atom stereocenters. The summed E-state index contributed by atoms with van der Waals surface area (Å²) in [6.45, 7) is 2.31. The van der Waals surface area contributed by atoms with Crippen molar-refractivity contribution < 1.29 is 14.3 Å². The Morgan fingerprint density at radius 2 is 1.90 bits per heavy atom. The summed E-state index contributed by atoms with van der Waals surface area (Å²) in [6, 6.07) is 21.5. The molecule has 0 radical (unpaired) electrons. The Balaban J connectivity index is 1.31. The SMILES string of the molecule is Cc1ccc(NC(=O)CCCCc2ccc3c(c2)OCO3)cc1-c1cccc(C#N)c1. The Morgan fingerprint density at radius 1 is 1.03 bits per heavy atom. The molecule has 0 saturated carbocycles. The van der Waals surface area contributed by atoms with Crippen molar-refractivity contribution in [2.75, 3.05) is 12.1 Å². The summed E-state index contributed by atoms with van der Waals surface area (Å²) in [5.41, 5.74) is 5.65. The monoisotopic (exact) mass is 412 g/mol. The minimum absolute atomic E-state index is 0.00580. The topological polar surface area (TPSA) is 71.3 Å². The summed E-state index contributed by atoms with van der Waals surface area (Å²) in [5, 5.41) is 12.1. The van der Waals surface area contributed by atoms with Gasteiger partial charge in [-0.1, -0.05) is 24.3 Å². The highest BCUT2D eigenvalue weighted by atomic mass is 16.7. The summed E-state index contributed by atoms with van der Waals surface area (Å²) < 4.78 is 10.7. The molecule has 1 aliphatic rings. The fourth-order valence-electron chi connectivity index (χ4n) is 3.70. The minimum Gasteiger partial charge on any atom is -0.454 e. The molecule has 1 N–H and O–H groups in total. The maximum atomic E-state index is 12.4. The second-order valence-electron chi connectivity index (χ2n) is 7.67. The Labute approximate surface area is 182 Å². The second kappa shape index (κ2) is 9.36. The van der Waals surface area contributed by atoms with E-state index in [1.54, 1.807) is 6.07 Å². The smallest absolute Gasteiger partial charge is 0.231 e. The summed E-state index contributed by atoms with van der Waals surface area (Å²) in [7, 11) is 0. The van der Waals surface area contributed by atoms with E-state index in [2.05, 4.69) is 11.4 Å². The van der Waals surface area contributed by atoms with Gasteiger partial charge in [0.15, 0.2) is 11.5 Å². The van der Waals surface area contributed by atoms with Crippen LogP contribution in [-0.4, -0.2) is 12.7 Å². The molecule has 4 rings (SSSR count). The van der Waals surface area contributed by atoms with Gasteiger partial charge in [-0.3, -0.25) is 4.79 Å². The molecule has 1 heterocycles. The average Bonchev–Trinajstić information content (AvgIpc) is 3.26. The maximum absolute atomic E-state index is 12.4. The molecular weight excluding hydrogens is 388 g/mol. The van der Waals surface area contributed by atoms with E-state index in [1.165, 1.54) is 5.56 Å². The Morgan fingerprint density at radius 3 is 2.77 bits per heavy atom. The molecule has 0 unspecified atom stereocenters. The number of nitrogens with one attached hydrogen (secondary N) is 1. The third kappa shape index (κ3) is 5.04. The average molecular weight is 412 g/mol. The van der Waals surface area contributed by atoms with Crippen molar-refractivity contribution in [2.24, 2.45) is 0 Å². The first-order valence-electron chi connectivity index (χ1n) is 10.4. The number of hydrogen-bond acceptors (Lipinski definition) is 4. The van der Waals surface area contributed by atoms with E-state index in [9.17, 15) is 4.79 Å². The van der Waals surface area contributed by atoms with Crippen LogP contribution in [0.4, 0.5) is 5.69 Å². The highest BCUT2D eigenvalue weighted by molar-refractivity contribution is 5.91. The predicted molar refractivity (Wildman–Crippen MR) is 120 cm³/mol. The van der Waals surface area contributed by atoms with Gasteiger partial charge < -0.3 is 14.8 Å². The van der Waals surface area contributed by atoms with Gasteiger partial charge in [0.05, 0.1) is 11.6 Å². The Bertz CT molecular complexity index is 1150. The standard InChI is InChI=1S/C26H24N2O3/c1-18-9-11-22(15-23(18)21-7-4-6-20(13-21)16-27)28-26(29)8-3-2-5-19-10-12-24-25(14-19)31-17-30-24/h4,6-7,9-15H,2-3,5,8,17H2,1H3,(H,28,29). The lowest BCUT2D eigenvalue weighted by atomic mass is 9.98. The maximum Gasteiger partial charge on any atom is 0.231 e. The van der Waals surface area contributed by atoms with Crippen LogP contribution in [0.25, 0.3) is 11.1 Å². The van der Waals surface area contributed by atoms with E-state index in [-0.39, 0.29) is 12.7 Å². The number of nitrogens with zero attached hydrogens (tertiary/aromatic N) is 1. The second-order valence-corrected chi connectivity index (χ2v) is 7.67. The highest BCUT2D eigenvalue weighted by Gasteiger charge is 2.13. The quantitative estimate of drug-likeness (QED) is 0.512. The molecule has 0 aromatic heterocycles. The molecule has 3 aromatic rings. The predicted octanol–water partition coefficient (Wildman–Crippen LogP) is 5.61. The van der Waals surface area contributed by atoms with Gasteiger partial charge >= 0.3 is 0 Å². The molecule has 0 aliphatic carbocycles. The van der Waals surface area contributed by atoms with Gasteiger partial charge in [-0.05, 0) is 84.8 Å². The molecule has 0 fully saturated rings. The summed E-state index contributed by atoms with van der Waals surface area (Å²) in [5.74, 6) is 1.59. The summed E-state index contributed by atoms with van der Waals surface area (Å²) in [4.78, 5) is 12.4. The zero-order chi connectivity index (χ0) is 21.6. The van der Waals surface area contributed by atoms with E-state index in [1.807, 2.05) is 61.5 Å². The number of unbranched alkanes of at least 4 members (excludes halogenated alkanes) is 1. The van der Waals surface area contributed by atoms with Crippen molar-refractivity contribution in [3.05, 3.63) is 77.4 Å². The first-order chi connectivity index (χ1) is 15.1. The van der Waals surface area contributed by atoms with Gasteiger partial charge in [0, 0.05) is 12.1 Å². The number of anilines is 1. The number of hydrogen-bond donors (Lipinski definition) is 1. The molecule has 0 bridgehead atoms. The molecular formula is C26H24N2O3. The van der Waals surface area contributed by atoms with E-state index in [0.717, 1.165) is 53.1 Å². The van der Waals surface area contributed by atoms with Crippen molar-refractivity contribution in [1.29, 1.82) is 5.26 Å². The lowest BCUT2D eigenvalue weighted by Gasteiger charge is -2.11. The van der Waals surface area contributed by atoms with Crippen LogP contribution in [0.15, 0.2) is 60.7 Å². The molecule has 31 heavy (non-hydrogen) atoms. The zero-order valence-corrected chi connectivity index (χ0v) is 17.5. The summed E-state index contributed by atoms with van der Waals surface area (Å²) >= 11 is 0. The lowest BCUT2D eigenvalue weighted by molar-refractivity contribution is -0.116. The van der Waals surface area contributed by atoms with Crippen LogP contribution in [0.2, 0.25) is 0 Å². The van der Waals surface area contributed by atoms with Crippen molar-refractivity contribution in [3.8, 4) is 28.7 Å². The van der Waals surface area contributed by atoms with Crippen molar-refractivity contribution in [1.82, 2.24) is 0 Å². The zero-order valence-electron chi connectivity index (χ0n) is 17.5. The summed E-state index contributed by atoms with van der Waals surface area (Å²) in [6.07, 6.45) is 3.10. The van der Waals surface area contributed by atoms with Crippen LogP contribution in [0, 0.1) is 18.3 Å². The lowest BCUT2D eigenvalue weighted by Crippen LogP contribution is -2.11. The molecule has 156 valence electrons. The van der Waals surface area contributed by atoms with Gasteiger partial charge in [-0.15, -0.1) is 0 Å². The highest BCUT2D eigenvalue weighted by Crippen LogP contribution is 2.33. The molecule has 5 nitrogen and oxygen atoms in total. The fraction of sp³-hybridized carbons (Fsp3) is 0.231. The van der Waals surface area contributed by atoms with Crippen LogP contribution < -0.4 is 14.8 Å². The van der Waals surface area contributed by atoms with Crippen molar-refractivity contribution >= 4 is 11.6 Å². The first-order valence-corrected chi connectivity index (χ1v) is 10.4. The number of amides is 1. The molecule has 1 amide bonds. The van der Waals surface area contributed by atoms with Gasteiger partial charge in [-0.25, -0.2) is 0 Å². The number of rotatable bonds is 7. The van der Waals surface area contributed by atoms with Crippen LogP contribution >= 0.6 is 0 Å². The van der Waals surface area contributed by atoms with Crippen LogP contribution in [0.3, 0.4) is 0 Å². The number of nitriles is 1. The van der Waals surface area contributed by atoms with E-state index < -0.39 is 0 Å². The number of ether oxygens (including phenoxy) is 2. The van der Waals surface area contributed by atoms with Crippen molar-refractivity contribution in [2.45, 2.75) is 32.6 Å². The normalized spacial score (nSPS) is 11.7. The Hall–Kier alpha value is -3.78. The largest absolute Gasteiger partial charge is 0.454 e. The molecule has 1 aliphatic heterocycles. The van der Waals surface area contributed by atoms with Crippen molar-refractivity contribution in [3.63, 3.8) is 0 Å². The third-order valence-electron chi connectivity index (χ3n) is 5.38. The minimum atomic E-state index is 0.00580.